The highest BCUT2D eigenvalue weighted by atomic mass is 15.0. The van der Waals surface area contributed by atoms with Crippen LogP contribution in [-0.4, -0.2) is 19.9 Å². The van der Waals surface area contributed by atoms with E-state index < -0.39 is 0 Å². The first-order valence-electron chi connectivity index (χ1n) is 6.66. The van der Waals surface area contributed by atoms with Crippen LogP contribution in [0.2, 0.25) is 0 Å². The molecule has 2 heterocycles. The number of nitrogens with zero attached hydrogens (tertiary/aromatic N) is 2. The van der Waals surface area contributed by atoms with Crippen LogP contribution < -0.4 is 5.73 Å². The van der Waals surface area contributed by atoms with Gasteiger partial charge in [0.1, 0.15) is 0 Å². The SMILES string of the molecule is Nc1nc2ccc(-c3nc[nH]c3-c3ccccc3)cc2[nH]1. The summed E-state index contributed by atoms with van der Waals surface area (Å²) < 4.78 is 0. The second kappa shape index (κ2) is 4.49. The van der Waals surface area contributed by atoms with Crippen molar-refractivity contribution in [3.8, 4) is 22.5 Å². The molecule has 0 amide bonds. The van der Waals surface area contributed by atoms with Crippen molar-refractivity contribution < 1.29 is 0 Å². The molecule has 4 aromatic rings. The molecule has 2 aromatic heterocycles. The quantitative estimate of drug-likeness (QED) is 0.525. The number of H-pyrrole nitrogens is 2. The maximum Gasteiger partial charge on any atom is 0.198 e. The van der Waals surface area contributed by atoms with Gasteiger partial charge >= 0.3 is 0 Å². The minimum absolute atomic E-state index is 0.424. The monoisotopic (exact) mass is 275 g/mol. The van der Waals surface area contributed by atoms with E-state index in [1.165, 1.54) is 0 Å². The molecule has 0 unspecified atom stereocenters. The van der Waals surface area contributed by atoms with Gasteiger partial charge in [-0.2, -0.15) is 0 Å². The smallest absolute Gasteiger partial charge is 0.198 e. The van der Waals surface area contributed by atoms with E-state index in [9.17, 15) is 0 Å². The minimum atomic E-state index is 0.424. The highest BCUT2D eigenvalue weighted by Gasteiger charge is 2.11. The highest BCUT2D eigenvalue weighted by molar-refractivity contribution is 5.86. The van der Waals surface area contributed by atoms with Crippen LogP contribution in [0, 0.1) is 0 Å². The van der Waals surface area contributed by atoms with Gasteiger partial charge in [-0.15, -0.1) is 0 Å². The summed E-state index contributed by atoms with van der Waals surface area (Å²) in [6.45, 7) is 0. The molecule has 0 aliphatic rings. The number of nitrogen functional groups attached to an aromatic ring is 1. The maximum absolute atomic E-state index is 5.69. The Balaban J connectivity index is 1.87. The highest BCUT2D eigenvalue weighted by Crippen LogP contribution is 2.30. The Hall–Kier alpha value is -3.08. The first kappa shape index (κ1) is 11.7. The van der Waals surface area contributed by atoms with E-state index in [1.807, 2.05) is 36.4 Å². The zero-order chi connectivity index (χ0) is 14.2. The Bertz CT molecular complexity index is 905. The van der Waals surface area contributed by atoms with Crippen LogP contribution in [0.1, 0.15) is 0 Å². The van der Waals surface area contributed by atoms with Crippen LogP contribution in [0.25, 0.3) is 33.5 Å². The molecule has 4 rings (SSSR count). The van der Waals surface area contributed by atoms with Gasteiger partial charge in [0.25, 0.3) is 0 Å². The van der Waals surface area contributed by atoms with Gasteiger partial charge in [0.05, 0.1) is 28.7 Å². The third-order valence-electron chi connectivity index (χ3n) is 3.48. The number of nitrogens with two attached hydrogens (primary N) is 1. The summed E-state index contributed by atoms with van der Waals surface area (Å²) in [4.78, 5) is 14.9. The molecule has 102 valence electrons. The average Bonchev–Trinajstić information content (AvgIpc) is 3.12. The standard InChI is InChI=1S/C16H13N5/c17-16-20-12-7-6-11(8-13(12)21-16)15-14(18-9-19-15)10-4-2-1-3-5-10/h1-9H,(H,18,19)(H3,17,20,21). The molecule has 0 aliphatic carbocycles. The van der Waals surface area contributed by atoms with Gasteiger partial charge in [-0.1, -0.05) is 36.4 Å². The molecule has 0 spiro atoms. The second-order valence-electron chi connectivity index (χ2n) is 4.85. The number of fused-ring (bicyclic) bond motifs is 1. The largest absolute Gasteiger partial charge is 0.369 e. The predicted octanol–water partition coefficient (Wildman–Crippen LogP) is 3.20. The molecular formula is C16H13N5. The molecule has 2 aromatic carbocycles. The summed E-state index contributed by atoms with van der Waals surface area (Å²) in [6.07, 6.45) is 1.71. The van der Waals surface area contributed by atoms with E-state index in [0.29, 0.717) is 5.95 Å². The molecule has 4 N–H and O–H groups in total. The maximum atomic E-state index is 5.69. The Morgan fingerprint density at radius 3 is 2.67 bits per heavy atom. The molecule has 5 heteroatoms. The van der Waals surface area contributed by atoms with Gasteiger partial charge in [-0.3, -0.25) is 0 Å². The Labute approximate surface area is 120 Å². The zero-order valence-corrected chi connectivity index (χ0v) is 11.2. The predicted molar refractivity (Wildman–Crippen MR) is 83.5 cm³/mol. The van der Waals surface area contributed by atoms with Gasteiger partial charge in [-0.25, -0.2) is 9.97 Å². The zero-order valence-electron chi connectivity index (χ0n) is 11.2. The lowest BCUT2D eigenvalue weighted by Gasteiger charge is -2.03. The van der Waals surface area contributed by atoms with Gasteiger partial charge in [0, 0.05) is 11.1 Å². The lowest BCUT2D eigenvalue weighted by atomic mass is 10.0. The molecule has 0 bridgehead atoms. The lowest BCUT2D eigenvalue weighted by molar-refractivity contribution is 1.31. The van der Waals surface area contributed by atoms with E-state index in [1.54, 1.807) is 6.33 Å². The fourth-order valence-corrected chi connectivity index (χ4v) is 2.51. The fourth-order valence-electron chi connectivity index (χ4n) is 2.51. The third-order valence-corrected chi connectivity index (χ3v) is 3.48. The van der Waals surface area contributed by atoms with Crippen molar-refractivity contribution in [2.24, 2.45) is 0 Å². The number of anilines is 1. The Kier molecular flexibility index (Phi) is 2.50. The Morgan fingerprint density at radius 2 is 1.81 bits per heavy atom. The first-order valence-corrected chi connectivity index (χ1v) is 6.66. The van der Waals surface area contributed by atoms with Gasteiger partial charge in [0.15, 0.2) is 5.95 Å². The molecule has 0 aliphatic heterocycles. The fraction of sp³-hybridized carbons (Fsp3) is 0. The molecule has 0 atom stereocenters. The summed E-state index contributed by atoms with van der Waals surface area (Å²) in [6, 6.07) is 16.1. The van der Waals surface area contributed by atoms with Crippen LogP contribution in [0.3, 0.4) is 0 Å². The molecule has 0 saturated carbocycles. The number of aromatic amines is 2. The molecular weight excluding hydrogens is 262 g/mol. The minimum Gasteiger partial charge on any atom is -0.369 e. The number of imidazole rings is 2. The van der Waals surface area contributed by atoms with Crippen LogP contribution in [0.15, 0.2) is 54.9 Å². The Morgan fingerprint density at radius 1 is 0.952 bits per heavy atom. The van der Waals surface area contributed by atoms with Crippen molar-refractivity contribution in [2.75, 3.05) is 5.73 Å². The number of hydrogen-bond acceptors (Lipinski definition) is 3. The van der Waals surface area contributed by atoms with Crippen molar-refractivity contribution in [1.29, 1.82) is 0 Å². The number of aromatic nitrogens is 4. The van der Waals surface area contributed by atoms with Crippen molar-refractivity contribution in [3.63, 3.8) is 0 Å². The van der Waals surface area contributed by atoms with Crippen molar-refractivity contribution >= 4 is 17.0 Å². The first-order chi connectivity index (χ1) is 10.3. The topological polar surface area (TPSA) is 83.4 Å². The summed E-state index contributed by atoms with van der Waals surface area (Å²) in [5, 5.41) is 0. The van der Waals surface area contributed by atoms with E-state index in [4.69, 9.17) is 5.73 Å². The lowest BCUT2D eigenvalue weighted by Crippen LogP contribution is -1.84. The molecule has 5 nitrogen and oxygen atoms in total. The van der Waals surface area contributed by atoms with E-state index >= 15 is 0 Å². The van der Waals surface area contributed by atoms with Crippen LogP contribution in [0.5, 0.6) is 0 Å². The summed E-state index contributed by atoms with van der Waals surface area (Å²) in [5.41, 5.74) is 11.5. The summed E-state index contributed by atoms with van der Waals surface area (Å²) in [5.74, 6) is 0.424. The number of hydrogen-bond donors (Lipinski definition) is 3. The van der Waals surface area contributed by atoms with E-state index in [2.05, 4.69) is 32.1 Å². The van der Waals surface area contributed by atoms with E-state index in [-0.39, 0.29) is 0 Å². The van der Waals surface area contributed by atoms with Crippen molar-refractivity contribution in [1.82, 2.24) is 19.9 Å². The summed E-state index contributed by atoms with van der Waals surface area (Å²) >= 11 is 0. The third kappa shape index (κ3) is 1.95. The van der Waals surface area contributed by atoms with Crippen LogP contribution >= 0.6 is 0 Å². The van der Waals surface area contributed by atoms with Gasteiger partial charge < -0.3 is 15.7 Å². The van der Waals surface area contributed by atoms with Crippen molar-refractivity contribution in [3.05, 3.63) is 54.9 Å². The van der Waals surface area contributed by atoms with Crippen molar-refractivity contribution in [2.45, 2.75) is 0 Å². The number of rotatable bonds is 2. The number of nitrogens with one attached hydrogen (secondary N) is 2. The van der Waals surface area contributed by atoms with Crippen LogP contribution in [-0.2, 0) is 0 Å². The van der Waals surface area contributed by atoms with Crippen LogP contribution in [0.4, 0.5) is 5.95 Å². The molecule has 0 saturated heterocycles. The second-order valence-corrected chi connectivity index (χ2v) is 4.85. The van der Waals surface area contributed by atoms with E-state index in [0.717, 1.165) is 33.5 Å². The normalized spacial score (nSPS) is 11.0. The summed E-state index contributed by atoms with van der Waals surface area (Å²) in [7, 11) is 0. The average molecular weight is 275 g/mol. The van der Waals surface area contributed by atoms with Gasteiger partial charge in [-0.05, 0) is 12.1 Å². The van der Waals surface area contributed by atoms with Gasteiger partial charge in [0.2, 0.25) is 0 Å². The molecule has 0 fully saturated rings. The molecule has 0 radical (unpaired) electrons. The molecule has 21 heavy (non-hydrogen) atoms. The number of benzene rings is 2.